The Morgan fingerprint density at radius 2 is 2.40 bits per heavy atom. The average Bonchev–Trinajstić information content (AvgIpc) is 2.71. The van der Waals surface area contributed by atoms with Gasteiger partial charge in [-0.25, -0.2) is 4.79 Å². The van der Waals surface area contributed by atoms with E-state index < -0.39 is 11.9 Å². The molecule has 0 unspecified atom stereocenters. The number of aromatic nitrogens is 3. The number of oxazole rings is 1. The number of rotatable bonds is 2. The van der Waals surface area contributed by atoms with Gasteiger partial charge < -0.3 is 9.52 Å². The highest BCUT2D eigenvalue weighted by atomic mass is 35.5. The van der Waals surface area contributed by atoms with Gasteiger partial charge in [0.2, 0.25) is 0 Å². The molecular formula is C8H6ClN3O3. The number of carbonyl (C=O) groups is 1. The number of nitrogens with one attached hydrogen (secondary N) is 1. The maximum Gasteiger partial charge on any atom is 0.392 e. The maximum atomic E-state index is 10.6. The van der Waals surface area contributed by atoms with Gasteiger partial charge >= 0.3 is 11.9 Å². The van der Waals surface area contributed by atoms with Crippen LogP contribution < -0.4 is 0 Å². The van der Waals surface area contributed by atoms with Crippen LogP contribution in [0, 0.1) is 6.92 Å². The Balaban J connectivity index is 2.49. The molecule has 2 rings (SSSR count). The van der Waals surface area contributed by atoms with Crippen LogP contribution in [-0.2, 0) is 0 Å². The van der Waals surface area contributed by atoms with Gasteiger partial charge in [-0.15, -0.1) is 0 Å². The Morgan fingerprint density at radius 1 is 1.67 bits per heavy atom. The molecule has 0 saturated heterocycles. The zero-order chi connectivity index (χ0) is 11.0. The summed E-state index contributed by atoms with van der Waals surface area (Å²) in [6.07, 6.45) is 0. The molecule has 15 heavy (non-hydrogen) atoms. The van der Waals surface area contributed by atoms with Crippen LogP contribution in [-0.4, -0.2) is 26.3 Å². The van der Waals surface area contributed by atoms with E-state index in [2.05, 4.69) is 15.2 Å². The quantitative estimate of drug-likeness (QED) is 0.815. The highest BCUT2D eigenvalue weighted by molar-refractivity contribution is 6.31. The minimum Gasteiger partial charge on any atom is -0.474 e. The van der Waals surface area contributed by atoms with E-state index >= 15 is 0 Å². The Hall–Kier alpha value is -1.82. The van der Waals surface area contributed by atoms with Crippen molar-refractivity contribution in [2.75, 3.05) is 0 Å². The number of carboxylic acids is 1. The van der Waals surface area contributed by atoms with Crippen LogP contribution in [0.5, 0.6) is 0 Å². The molecule has 0 atom stereocenters. The normalized spacial score (nSPS) is 10.5. The molecular weight excluding hydrogens is 222 g/mol. The highest BCUT2D eigenvalue weighted by Crippen LogP contribution is 2.27. The van der Waals surface area contributed by atoms with Crippen LogP contribution in [0.3, 0.4) is 0 Å². The van der Waals surface area contributed by atoms with Crippen molar-refractivity contribution in [3.8, 4) is 11.5 Å². The van der Waals surface area contributed by atoms with E-state index in [1.54, 1.807) is 13.0 Å². The summed E-state index contributed by atoms with van der Waals surface area (Å²) in [5.41, 5.74) is 1.24. The summed E-state index contributed by atoms with van der Waals surface area (Å²) in [4.78, 5) is 14.1. The Morgan fingerprint density at radius 3 is 2.87 bits per heavy atom. The molecule has 2 aromatic heterocycles. The van der Waals surface area contributed by atoms with Crippen molar-refractivity contribution in [1.29, 1.82) is 0 Å². The molecule has 78 valence electrons. The second kappa shape index (κ2) is 3.39. The molecule has 6 nitrogen and oxygen atoms in total. The molecule has 2 heterocycles. The zero-order valence-electron chi connectivity index (χ0n) is 7.61. The predicted octanol–water partition coefficient (Wildman–Crippen LogP) is 1.72. The number of hydrogen-bond acceptors (Lipinski definition) is 4. The van der Waals surface area contributed by atoms with Crippen LogP contribution in [0.25, 0.3) is 11.5 Å². The first-order chi connectivity index (χ1) is 7.08. The second-order valence-corrected chi connectivity index (χ2v) is 3.24. The lowest BCUT2D eigenvalue weighted by Gasteiger charge is -1.87. The number of carboxylic acid groups (broad SMARTS) is 1. The minimum atomic E-state index is -1.27. The maximum absolute atomic E-state index is 10.6. The molecule has 0 aliphatic heterocycles. The fourth-order valence-electron chi connectivity index (χ4n) is 1.09. The van der Waals surface area contributed by atoms with E-state index in [0.717, 1.165) is 5.69 Å². The van der Waals surface area contributed by atoms with Gasteiger partial charge in [0, 0.05) is 5.69 Å². The SMILES string of the molecule is Cc1cc(-c2oc(C(=O)O)nc2Cl)n[nH]1. The summed E-state index contributed by atoms with van der Waals surface area (Å²) in [5.74, 6) is -1.57. The average molecular weight is 228 g/mol. The van der Waals surface area contributed by atoms with Gasteiger partial charge in [0.15, 0.2) is 10.9 Å². The van der Waals surface area contributed by atoms with Crippen LogP contribution in [0.15, 0.2) is 10.5 Å². The van der Waals surface area contributed by atoms with Gasteiger partial charge in [-0.3, -0.25) is 5.10 Å². The fourth-order valence-corrected chi connectivity index (χ4v) is 1.30. The molecule has 0 spiro atoms. The van der Waals surface area contributed by atoms with E-state index in [1.165, 1.54) is 0 Å². The Bertz CT molecular complexity index is 517. The lowest BCUT2D eigenvalue weighted by Crippen LogP contribution is -1.94. The van der Waals surface area contributed by atoms with Gasteiger partial charge in [-0.2, -0.15) is 10.1 Å². The largest absolute Gasteiger partial charge is 0.474 e. The lowest BCUT2D eigenvalue weighted by molar-refractivity contribution is 0.0654. The van der Waals surface area contributed by atoms with Crippen LogP contribution in [0.4, 0.5) is 0 Å². The molecule has 2 aromatic rings. The standard InChI is InChI=1S/C8H6ClN3O3/c1-3-2-4(12-11-3)5-6(9)10-7(15-5)8(13)14/h2H,1H3,(H,11,12)(H,13,14). The third-order valence-electron chi connectivity index (χ3n) is 1.71. The zero-order valence-corrected chi connectivity index (χ0v) is 8.37. The van der Waals surface area contributed by atoms with Crippen LogP contribution in [0.1, 0.15) is 16.4 Å². The van der Waals surface area contributed by atoms with Crippen molar-refractivity contribution in [1.82, 2.24) is 15.2 Å². The number of aromatic amines is 1. The van der Waals surface area contributed by atoms with E-state index in [0.29, 0.717) is 5.69 Å². The Labute approximate surface area is 88.9 Å². The molecule has 0 radical (unpaired) electrons. The van der Waals surface area contributed by atoms with E-state index in [9.17, 15) is 4.79 Å². The van der Waals surface area contributed by atoms with Crippen molar-refractivity contribution < 1.29 is 14.3 Å². The summed E-state index contributed by atoms with van der Waals surface area (Å²) in [7, 11) is 0. The second-order valence-electron chi connectivity index (χ2n) is 2.88. The smallest absolute Gasteiger partial charge is 0.392 e. The van der Waals surface area contributed by atoms with Gasteiger partial charge in [-0.05, 0) is 13.0 Å². The van der Waals surface area contributed by atoms with Crippen LogP contribution >= 0.6 is 11.6 Å². The summed E-state index contributed by atoms with van der Waals surface area (Å²) in [6.45, 7) is 1.80. The summed E-state index contributed by atoms with van der Waals surface area (Å²) in [5, 5.41) is 15.2. The summed E-state index contributed by atoms with van der Waals surface area (Å²) >= 11 is 5.71. The number of aryl methyl sites for hydroxylation is 1. The van der Waals surface area contributed by atoms with Crippen molar-refractivity contribution in [3.63, 3.8) is 0 Å². The summed E-state index contributed by atoms with van der Waals surface area (Å²) < 4.78 is 4.95. The molecule has 0 aromatic carbocycles. The Kier molecular flexibility index (Phi) is 2.20. The first-order valence-electron chi connectivity index (χ1n) is 4.00. The molecule has 0 fully saturated rings. The number of nitrogens with zero attached hydrogens (tertiary/aromatic N) is 2. The van der Waals surface area contributed by atoms with Crippen molar-refractivity contribution >= 4 is 17.6 Å². The number of halogens is 1. The lowest BCUT2D eigenvalue weighted by atomic mass is 10.3. The molecule has 0 amide bonds. The molecule has 0 bridgehead atoms. The highest BCUT2D eigenvalue weighted by Gasteiger charge is 2.19. The molecule has 2 N–H and O–H groups in total. The first kappa shape index (κ1) is 9.72. The van der Waals surface area contributed by atoms with Crippen molar-refractivity contribution in [2.24, 2.45) is 0 Å². The van der Waals surface area contributed by atoms with E-state index in [1.807, 2.05) is 0 Å². The van der Waals surface area contributed by atoms with Gasteiger partial charge in [0.25, 0.3) is 0 Å². The molecule has 0 saturated carbocycles. The topological polar surface area (TPSA) is 92.0 Å². The summed E-state index contributed by atoms with van der Waals surface area (Å²) in [6, 6.07) is 1.68. The first-order valence-corrected chi connectivity index (χ1v) is 4.37. The third-order valence-corrected chi connectivity index (χ3v) is 1.96. The minimum absolute atomic E-state index is 0.0149. The number of hydrogen-bond donors (Lipinski definition) is 2. The van der Waals surface area contributed by atoms with E-state index in [4.69, 9.17) is 21.1 Å². The predicted molar refractivity (Wildman–Crippen MR) is 50.8 cm³/mol. The number of aromatic carboxylic acids is 1. The van der Waals surface area contributed by atoms with E-state index in [-0.39, 0.29) is 10.9 Å². The van der Waals surface area contributed by atoms with Crippen molar-refractivity contribution in [3.05, 3.63) is 22.8 Å². The third kappa shape index (κ3) is 1.71. The molecule has 7 heteroatoms. The molecule has 0 aliphatic rings. The monoisotopic (exact) mass is 227 g/mol. The van der Waals surface area contributed by atoms with Gasteiger partial charge in [-0.1, -0.05) is 11.6 Å². The molecule has 0 aliphatic carbocycles. The van der Waals surface area contributed by atoms with Crippen LogP contribution in [0.2, 0.25) is 5.15 Å². The number of H-pyrrole nitrogens is 1. The van der Waals surface area contributed by atoms with Crippen molar-refractivity contribution in [2.45, 2.75) is 6.92 Å². The van der Waals surface area contributed by atoms with Gasteiger partial charge in [0.05, 0.1) is 0 Å². The van der Waals surface area contributed by atoms with Gasteiger partial charge in [0.1, 0.15) is 5.69 Å². The fraction of sp³-hybridized carbons (Fsp3) is 0.125.